The van der Waals surface area contributed by atoms with Crippen molar-refractivity contribution in [2.24, 2.45) is 0 Å². The number of rotatable bonds is 4. The summed E-state index contributed by atoms with van der Waals surface area (Å²) in [6.45, 7) is 0. The number of ether oxygens (including phenoxy) is 1. The molecule has 0 spiro atoms. The highest BCUT2D eigenvalue weighted by atomic mass is 19.4. The van der Waals surface area contributed by atoms with Crippen molar-refractivity contribution in [3.63, 3.8) is 0 Å². The number of alkyl halides is 3. The molecule has 10 heteroatoms. The van der Waals surface area contributed by atoms with E-state index in [0.29, 0.717) is 4.40 Å². The van der Waals surface area contributed by atoms with Crippen LogP contribution in [0.25, 0.3) is 16.9 Å². The van der Waals surface area contributed by atoms with Crippen LogP contribution in [0.15, 0.2) is 54.6 Å². The number of nitrogens with one attached hydrogen (secondary N) is 1. The lowest BCUT2D eigenvalue weighted by molar-refractivity contribution is -0.141. The molecule has 0 saturated heterocycles. The Hall–Kier alpha value is -3.69. The Morgan fingerprint density at radius 2 is 1.58 bits per heavy atom. The van der Waals surface area contributed by atoms with Gasteiger partial charge >= 0.3 is 6.18 Å². The standard InChI is InChI=1S/C21H13F6N3O/c1-31-13-9-14(23)18(15(24)10-13)19-20(28-12-7-5-11(22)6-8-12)30-16(21(25,26)27)3-2-4-17(30)29-19/h2-10,28H,1H3. The normalized spacial score (nSPS) is 11.7. The number of aromatic nitrogens is 2. The van der Waals surface area contributed by atoms with Gasteiger partial charge in [0.1, 0.15) is 46.1 Å². The number of hydrogen-bond donors (Lipinski definition) is 1. The predicted octanol–water partition coefficient (Wildman–Crippen LogP) is 6.19. The summed E-state index contributed by atoms with van der Waals surface area (Å²) < 4.78 is 89.3. The highest BCUT2D eigenvalue weighted by Gasteiger charge is 2.35. The number of pyridine rings is 1. The molecule has 0 aliphatic heterocycles. The number of nitrogens with zero attached hydrogens (tertiary/aromatic N) is 2. The van der Waals surface area contributed by atoms with Gasteiger partial charge in [-0.3, -0.25) is 4.40 Å². The SMILES string of the molecule is COc1cc(F)c(-c2nc3cccc(C(F)(F)F)n3c2Nc2ccc(F)cc2)c(F)c1. The van der Waals surface area contributed by atoms with Crippen LogP contribution in [0, 0.1) is 17.5 Å². The molecule has 0 atom stereocenters. The zero-order valence-electron chi connectivity index (χ0n) is 15.8. The van der Waals surface area contributed by atoms with E-state index in [-0.39, 0.29) is 22.9 Å². The van der Waals surface area contributed by atoms with Crippen molar-refractivity contribution in [1.29, 1.82) is 0 Å². The van der Waals surface area contributed by atoms with Crippen molar-refractivity contribution in [2.75, 3.05) is 12.4 Å². The smallest absolute Gasteiger partial charge is 0.431 e. The average Bonchev–Trinajstić information content (AvgIpc) is 3.06. The van der Waals surface area contributed by atoms with Gasteiger partial charge in [0, 0.05) is 17.8 Å². The van der Waals surface area contributed by atoms with E-state index in [1.807, 2.05) is 0 Å². The van der Waals surface area contributed by atoms with Gasteiger partial charge in [0.15, 0.2) is 0 Å². The molecule has 160 valence electrons. The third-order valence-corrected chi connectivity index (χ3v) is 4.53. The highest BCUT2D eigenvalue weighted by molar-refractivity contribution is 5.81. The molecule has 4 aromatic rings. The van der Waals surface area contributed by atoms with Crippen LogP contribution in [0.3, 0.4) is 0 Å². The summed E-state index contributed by atoms with van der Waals surface area (Å²) in [7, 11) is 1.22. The van der Waals surface area contributed by atoms with E-state index >= 15 is 0 Å². The molecule has 0 unspecified atom stereocenters. The number of anilines is 2. The maximum atomic E-state index is 14.7. The molecule has 4 rings (SSSR count). The number of benzene rings is 2. The molecular weight excluding hydrogens is 424 g/mol. The Balaban J connectivity index is 2.03. The lowest BCUT2D eigenvalue weighted by Gasteiger charge is -2.14. The largest absolute Gasteiger partial charge is 0.497 e. The second-order valence-electron chi connectivity index (χ2n) is 6.51. The second-order valence-corrected chi connectivity index (χ2v) is 6.51. The van der Waals surface area contributed by atoms with Gasteiger partial charge in [0.2, 0.25) is 0 Å². The topological polar surface area (TPSA) is 38.6 Å². The second kappa shape index (κ2) is 7.53. The van der Waals surface area contributed by atoms with Crippen LogP contribution in [0.1, 0.15) is 5.69 Å². The van der Waals surface area contributed by atoms with E-state index in [4.69, 9.17) is 4.74 Å². The molecule has 31 heavy (non-hydrogen) atoms. The van der Waals surface area contributed by atoms with Crippen LogP contribution in [0.5, 0.6) is 5.75 Å². The third-order valence-electron chi connectivity index (χ3n) is 4.53. The third kappa shape index (κ3) is 3.76. The quantitative estimate of drug-likeness (QED) is 0.387. The molecule has 0 saturated carbocycles. The number of halogens is 6. The molecule has 0 aliphatic rings. The Bertz CT molecular complexity index is 1240. The molecule has 0 radical (unpaired) electrons. The van der Waals surface area contributed by atoms with E-state index in [2.05, 4.69) is 10.3 Å². The number of imidazole rings is 1. The molecule has 0 amide bonds. The molecule has 4 nitrogen and oxygen atoms in total. The first-order valence-electron chi connectivity index (χ1n) is 8.83. The van der Waals surface area contributed by atoms with E-state index in [0.717, 1.165) is 36.4 Å². The minimum atomic E-state index is -4.78. The minimum Gasteiger partial charge on any atom is -0.497 e. The van der Waals surface area contributed by atoms with Crippen LogP contribution in [-0.2, 0) is 6.18 Å². The monoisotopic (exact) mass is 437 g/mol. The van der Waals surface area contributed by atoms with Crippen molar-refractivity contribution in [3.8, 4) is 17.0 Å². The summed E-state index contributed by atoms with van der Waals surface area (Å²) in [5.41, 5.74) is -2.14. The average molecular weight is 437 g/mol. The lowest BCUT2D eigenvalue weighted by Crippen LogP contribution is -2.12. The maximum absolute atomic E-state index is 14.7. The number of hydrogen-bond acceptors (Lipinski definition) is 3. The maximum Gasteiger partial charge on any atom is 0.431 e. The number of fused-ring (bicyclic) bond motifs is 1. The molecule has 0 aliphatic carbocycles. The molecule has 2 aromatic carbocycles. The minimum absolute atomic E-state index is 0.105. The van der Waals surface area contributed by atoms with Gasteiger partial charge in [-0.05, 0) is 36.4 Å². The molecular formula is C21H13F6N3O. The number of methoxy groups -OCH3 is 1. The van der Waals surface area contributed by atoms with E-state index in [9.17, 15) is 26.3 Å². The fourth-order valence-corrected chi connectivity index (χ4v) is 3.17. The zero-order chi connectivity index (χ0) is 22.3. The first kappa shape index (κ1) is 20.6. The van der Waals surface area contributed by atoms with Crippen molar-refractivity contribution in [1.82, 2.24) is 9.38 Å². The van der Waals surface area contributed by atoms with Gasteiger partial charge in [0.25, 0.3) is 0 Å². The molecule has 0 fully saturated rings. The van der Waals surface area contributed by atoms with Crippen molar-refractivity contribution in [3.05, 3.63) is 77.7 Å². The lowest BCUT2D eigenvalue weighted by atomic mass is 10.1. The summed E-state index contributed by atoms with van der Waals surface area (Å²) in [6, 6.07) is 9.74. The van der Waals surface area contributed by atoms with Crippen molar-refractivity contribution >= 4 is 17.2 Å². The van der Waals surface area contributed by atoms with Gasteiger partial charge in [-0.15, -0.1) is 0 Å². The molecule has 0 bridgehead atoms. The first-order chi connectivity index (χ1) is 14.7. The molecule has 1 N–H and O–H groups in total. The van der Waals surface area contributed by atoms with E-state index in [1.54, 1.807) is 0 Å². The van der Waals surface area contributed by atoms with Crippen LogP contribution >= 0.6 is 0 Å². The summed E-state index contributed by atoms with van der Waals surface area (Å²) in [5.74, 6) is -3.15. The van der Waals surface area contributed by atoms with Gasteiger partial charge < -0.3 is 10.1 Å². The summed E-state index contributed by atoms with van der Waals surface area (Å²) in [5, 5.41) is 2.69. The van der Waals surface area contributed by atoms with E-state index in [1.165, 1.54) is 25.3 Å². The summed E-state index contributed by atoms with van der Waals surface area (Å²) in [4.78, 5) is 4.05. The van der Waals surface area contributed by atoms with Crippen LogP contribution < -0.4 is 10.1 Å². The highest BCUT2D eigenvalue weighted by Crippen LogP contribution is 2.39. The fourth-order valence-electron chi connectivity index (χ4n) is 3.17. The molecule has 2 aromatic heterocycles. The van der Waals surface area contributed by atoms with Crippen molar-refractivity contribution < 1.29 is 31.1 Å². The fraction of sp³-hybridized carbons (Fsp3) is 0.0952. The van der Waals surface area contributed by atoms with Gasteiger partial charge in [0.05, 0.1) is 12.7 Å². The first-order valence-corrected chi connectivity index (χ1v) is 8.83. The van der Waals surface area contributed by atoms with E-state index < -0.39 is 40.6 Å². The van der Waals surface area contributed by atoms with Gasteiger partial charge in [-0.1, -0.05) is 6.07 Å². The van der Waals surface area contributed by atoms with Crippen LogP contribution in [0.4, 0.5) is 37.8 Å². The summed E-state index contributed by atoms with van der Waals surface area (Å²) in [6.07, 6.45) is -4.78. The van der Waals surface area contributed by atoms with Crippen LogP contribution in [0.2, 0.25) is 0 Å². The van der Waals surface area contributed by atoms with Crippen LogP contribution in [-0.4, -0.2) is 16.5 Å². The van der Waals surface area contributed by atoms with Crippen molar-refractivity contribution in [2.45, 2.75) is 6.18 Å². The van der Waals surface area contributed by atoms with Gasteiger partial charge in [-0.25, -0.2) is 18.2 Å². The van der Waals surface area contributed by atoms with Gasteiger partial charge in [-0.2, -0.15) is 13.2 Å². The predicted molar refractivity (Wildman–Crippen MR) is 102 cm³/mol. The Labute approximate surface area is 171 Å². The summed E-state index contributed by atoms with van der Waals surface area (Å²) >= 11 is 0. The zero-order valence-corrected chi connectivity index (χ0v) is 15.8. The Morgan fingerprint density at radius 3 is 2.16 bits per heavy atom. The Morgan fingerprint density at radius 1 is 0.935 bits per heavy atom. The Kier molecular flexibility index (Phi) is 5.00. The molecule has 2 heterocycles.